The van der Waals surface area contributed by atoms with E-state index in [9.17, 15) is 18.0 Å². The van der Waals surface area contributed by atoms with E-state index in [1.807, 2.05) is 6.07 Å². The Bertz CT molecular complexity index is 1330. The number of carbonyl (C=O) groups is 2. The molecule has 1 fully saturated rings. The standard InChI is InChI=1S/C24H23IN2O6S2/c1-32-20-10-5-16(14-21(20)33-2)11-12-26(35(30,31)23-4-3-13-34-23)19-15-22(28)27(24(19)29)18-8-6-17(25)7-9-18/h3-10,13-14,19H,11-12,15H2,1-2H3. The summed E-state index contributed by atoms with van der Waals surface area (Å²) in [6, 6.07) is 14.3. The molecule has 2 heterocycles. The van der Waals surface area contributed by atoms with Crippen molar-refractivity contribution in [2.45, 2.75) is 23.1 Å². The molecule has 2 amide bonds. The van der Waals surface area contributed by atoms with Crippen molar-refractivity contribution in [3.8, 4) is 11.5 Å². The van der Waals surface area contributed by atoms with Crippen LogP contribution in [0.3, 0.4) is 0 Å². The number of ether oxygens (including phenoxy) is 2. The molecule has 0 spiro atoms. The van der Waals surface area contributed by atoms with Crippen molar-refractivity contribution in [2.24, 2.45) is 0 Å². The van der Waals surface area contributed by atoms with Crippen LogP contribution in [0.15, 0.2) is 64.2 Å². The fourth-order valence-corrected chi connectivity index (χ4v) is 7.01. The summed E-state index contributed by atoms with van der Waals surface area (Å²) in [6.45, 7) is 0.0138. The summed E-state index contributed by atoms with van der Waals surface area (Å²) in [5, 5.41) is 1.67. The zero-order valence-electron chi connectivity index (χ0n) is 19.0. The minimum absolute atomic E-state index is 0.0138. The maximum absolute atomic E-state index is 13.6. The summed E-state index contributed by atoms with van der Waals surface area (Å²) in [5.74, 6) is 0.0982. The third-order valence-corrected chi connectivity index (χ3v) is 9.68. The van der Waals surface area contributed by atoms with Crippen molar-refractivity contribution in [1.82, 2.24) is 4.31 Å². The number of imide groups is 1. The van der Waals surface area contributed by atoms with Crippen LogP contribution in [0, 0.1) is 3.57 Å². The summed E-state index contributed by atoms with van der Waals surface area (Å²) in [4.78, 5) is 27.4. The van der Waals surface area contributed by atoms with Gasteiger partial charge >= 0.3 is 0 Å². The molecule has 1 atom stereocenters. The molecule has 35 heavy (non-hydrogen) atoms. The van der Waals surface area contributed by atoms with Gasteiger partial charge < -0.3 is 9.47 Å². The van der Waals surface area contributed by atoms with E-state index in [0.29, 0.717) is 23.6 Å². The number of benzene rings is 2. The second-order valence-electron chi connectivity index (χ2n) is 7.75. The summed E-state index contributed by atoms with van der Waals surface area (Å²) in [6.07, 6.45) is 0.0911. The zero-order chi connectivity index (χ0) is 25.2. The van der Waals surface area contributed by atoms with Gasteiger partial charge in [-0.15, -0.1) is 11.3 Å². The highest BCUT2D eigenvalue weighted by molar-refractivity contribution is 14.1. The van der Waals surface area contributed by atoms with Crippen LogP contribution in [0.4, 0.5) is 5.69 Å². The van der Waals surface area contributed by atoms with Gasteiger partial charge in [0.25, 0.3) is 15.9 Å². The first-order valence-corrected chi connectivity index (χ1v) is 14.0. The predicted octanol–water partition coefficient (Wildman–Crippen LogP) is 3.94. The number of anilines is 1. The summed E-state index contributed by atoms with van der Waals surface area (Å²) >= 11 is 3.21. The van der Waals surface area contributed by atoms with E-state index in [1.165, 1.54) is 20.3 Å². The quantitative estimate of drug-likeness (QED) is 0.264. The second-order valence-corrected chi connectivity index (χ2v) is 12.1. The Morgan fingerprint density at radius 2 is 1.77 bits per heavy atom. The van der Waals surface area contributed by atoms with Crippen molar-refractivity contribution >= 4 is 61.5 Å². The first kappa shape index (κ1) is 25.6. The summed E-state index contributed by atoms with van der Waals surface area (Å²) in [5.41, 5.74) is 1.23. The molecule has 0 bridgehead atoms. The number of halogens is 1. The van der Waals surface area contributed by atoms with Gasteiger partial charge in [0, 0.05) is 10.1 Å². The molecule has 1 aliphatic rings. The first-order chi connectivity index (χ1) is 16.8. The first-order valence-electron chi connectivity index (χ1n) is 10.6. The van der Waals surface area contributed by atoms with Crippen LogP contribution in [0.5, 0.6) is 11.5 Å². The third kappa shape index (κ3) is 5.22. The SMILES string of the molecule is COc1ccc(CCN(C2CC(=O)N(c3ccc(I)cc3)C2=O)S(=O)(=O)c2cccs2)cc1OC. The molecule has 0 saturated carbocycles. The summed E-state index contributed by atoms with van der Waals surface area (Å²) < 4.78 is 40.0. The Morgan fingerprint density at radius 1 is 1.06 bits per heavy atom. The van der Waals surface area contributed by atoms with Gasteiger partial charge in [0.1, 0.15) is 10.3 Å². The molecule has 3 aromatic rings. The van der Waals surface area contributed by atoms with E-state index in [4.69, 9.17) is 9.47 Å². The smallest absolute Gasteiger partial charge is 0.253 e. The number of hydrogen-bond acceptors (Lipinski definition) is 7. The number of carbonyl (C=O) groups excluding carboxylic acids is 2. The largest absolute Gasteiger partial charge is 0.493 e. The number of sulfonamides is 1. The van der Waals surface area contributed by atoms with E-state index in [-0.39, 0.29) is 17.2 Å². The highest BCUT2D eigenvalue weighted by atomic mass is 127. The van der Waals surface area contributed by atoms with Gasteiger partial charge in [-0.1, -0.05) is 12.1 Å². The number of methoxy groups -OCH3 is 2. The highest BCUT2D eigenvalue weighted by Crippen LogP contribution is 2.32. The molecule has 4 rings (SSSR count). The van der Waals surface area contributed by atoms with Crippen LogP contribution in [-0.4, -0.2) is 51.3 Å². The molecule has 1 unspecified atom stereocenters. The van der Waals surface area contributed by atoms with Crippen molar-refractivity contribution in [3.63, 3.8) is 0 Å². The number of nitrogens with zero attached hydrogens (tertiary/aromatic N) is 2. The molecule has 0 radical (unpaired) electrons. The topological polar surface area (TPSA) is 93.2 Å². The molecule has 1 saturated heterocycles. The lowest BCUT2D eigenvalue weighted by molar-refractivity contribution is -0.122. The van der Waals surface area contributed by atoms with Gasteiger partial charge in [-0.25, -0.2) is 13.3 Å². The van der Waals surface area contributed by atoms with E-state index < -0.39 is 27.9 Å². The van der Waals surface area contributed by atoms with Gasteiger partial charge in [0.2, 0.25) is 5.91 Å². The lowest BCUT2D eigenvalue weighted by Gasteiger charge is -2.26. The molecule has 184 valence electrons. The third-order valence-electron chi connectivity index (χ3n) is 5.68. The Kier molecular flexibility index (Phi) is 7.79. The van der Waals surface area contributed by atoms with Crippen LogP contribution >= 0.6 is 33.9 Å². The van der Waals surface area contributed by atoms with Gasteiger partial charge in [0.15, 0.2) is 11.5 Å². The molecule has 11 heteroatoms. The Labute approximate surface area is 221 Å². The van der Waals surface area contributed by atoms with Crippen LogP contribution < -0.4 is 14.4 Å². The van der Waals surface area contributed by atoms with Crippen molar-refractivity contribution in [2.75, 3.05) is 25.7 Å². The van der Waals surface area contributed by atoms with Crippen molar-refractivity contribution in [1.29, 1.82) is 0 Å². The summed E-state index contributed by atoms with van der Waals surface area (Å²) in [7, 11) is -0.952. The molecule has 0 N–H and O–H groups in total. The predicted molar refractivity (Wildman–Crippen MR) is 142 cm³/mol. The van der Waals surface area contributed by atoms with Crippen molar-refractivity contribution < 1.29 is 27.5 Å². The number of amides is 2. The Hall–Kier alpha value is -2.48. The normalized spacial score (nSPS) is 16.2. The van der Waals surface area contributed by atoms with E-state index in [0.717, 1.165) is 29.7 Å². The minimum atomic E-state index is -4.01. The lowest BCUT2D eigenvalue weighted by atomic mass is 10.1. The van der Waals surface area contributed by atoms with Crippen LogP contribution in [0.1, 0.15) is 12.0 Å². The van der Waals surface area contributed by atoms with Crippen molar-refractivity contribution in [3.05, 3.63) is 69.1 Å². The van der Waals surface area contributed by atoms with Gasteiger partial charge in [-0.3, -0.25) is 9.59 Å². The molecule has 1 aliphatic heterocycles. The second kappa shape index (κ2) is 10.6. The monoisotopic (exact) mass is 626 g/mol. The van der Waals surface area contributed by atoms with Gasteiger partial charge in [-0.2, -0.15) is 4.31 Å². The number of hydrogen-bond donors (Lipinski definition) is 0. The van der Waals surface area contributed by atoms with Crippen LogP contribution in [-0.2, 0) is 26.0 Å². The molecule has 8 nitrogen and oxygen atoms in total. The Balaban J connectivity index is 1.66. The van der Waals surface area contributed by atoms with E-state index >= 15 is 0 Å². The number of rotatable bonds is 9. The molecular weight excluding hydrogens is 603 g/mol. The van der Waals surface area contributed by atoms with Crippen LogP contribution in [0.25, 0.3) is 0 Å². The minimum Gasteiger partial charge on any atom is -0.493 e. The van der Waals surface area contributed by atoms with E-state index in [2.05, 4.69) is 22.6 Å². The molecule has 0 aliphatic carbocycles. The van der Waals surface area contributed by atoms with Gasteiger partial charge in [-0.05, 0) is 82.4 Å². The lowest BCUT2D eigenvalue weighted by Crippen LogP contribution is -2.46. The highest BCUT2D eigenvalue weighted by Gasteiger charge is 2.47. The van der Waals surface area contributed by atoms with E-state index in [1.54, 1.807) is 47.8 Å². The fourth-order valence-electron chi connectivity index (χ4n) is 3.95. The average molecular weight is 626 g/mol. The van der Waals surface area contributed by atoms with Crippen LogP contribution in [0.2, 0.25) is 0 Å². The van der Waals surface area contributed by atoms with Gasteiger partial charge in [0.05, 0.1) is 26.3 Å². The maximum atomic E-state index is 13.6. The molecule has 2 aromatic carbocycles. The zero-order valence-corrected chi connectivity index (χ0v) is 22.8. The molecule has 1 aromatic heterocycles. The fraction of sp³-hybridized carbons (Fsp3) is 0.250. The number of thiophene rings is 1. The maximum Gasteiger partial charge on any atom is 0.253 e. The Morgan fingerprint density at radius 3 is 2.40 bits per heavy atom. The molecular formula is C24H23IN2O6S2. The average Bonchev–Trinajstić information content (AvgIpc) is 3.49.